The van der Waals surface area contributed by atoms with Gasteiger partial charge in [0, 0.05) is 10.9 Å². The van der Waals surface area contributed by atoms with Crippen molar-refractivity contribution in [2.24, 2.45) is 0 Å². The summed E-state index contributed by atoms with van der Waals surface area (Å²) in [5.41, 5.74) is 20.7. The van der Waals surface area contributed by atoms with Crippen molar-refractivity contribution < 1.29 is 0 Å². The zero-order chi connectivity index (χ0) is 37.5. The van der Waals surface area contributed by atoms with Crippen LogP contribution in [0.3, 0.4) is 0 Å². The van der Waals surface area contributed by atoms with E-state index >= 15 is 0 Å². The van der Waals surface area contributed by atoms with Gasteiger partial charge in [-0.1, -0.05) is 176 Å². The summed E-state index contributed by atoms with van der Waals surface area (Å²) in [5.74, 6) is 0. The van der Waals surface area contributed by atoms with Gasteiger partial charge >= 0.3 is 0 Å². The lowest BCUT2D eigenvalue weighted by Crippen LogP contribution is -2.25. The van der Waals surface area contributed by atoms with E-state index in [0.29, 0.717) is 0 Å². The van der Waals surface area contributed by atoms with Crippen molar-refractivity contribution >= 4 is 21.7 Å². The Morgan fingerprint density at radius 3 is 1.37 bits per heavy atom. The molecule has 0 bridgehead atoms. The maximum atomic E-state index is 5.15. The van der Waals surface area contributed by atoms with Crippen LogP contribution in [0.5, 0.6) is 0 Å². The maximum absolute atomic E-state index is 5.15. The fourth-order valence-corrected chi connectivity index (χ4v) is 9.90. The molecule has 12 rings (SSSR count). The van der Waals surface area contributed by atoms with Gasteiger partial charge in [0.25, 0.3) is 0 Å². The minimum Gasteiger partial charge on any atom is -0.248 e. The average molecular weight is 722 g/mol. The molecule has 2 aliphatic rings. The molecule has 2 aliphatic carbocycles. The van der Waals surface area contributed by atoms with Crippen molar-refractivity contribution in [3.8, 4) is 66.9 Å². The Balaban J connectivity index is 0.989. The van der Waals surface area contributed by atoms with E-state index in [4.69, 9.17) is 4.98 Å². The standard InChI is InChI=1S/C56H35N/c1-3-13-37(14-4-1)48-35-55(38-15-5-2-6-16-38)57-54-30-28-41(33-49(48)54)39-25-23-36-24-26-40(32-43(36)31-39)42-27-29-47-46-19-9-12-22-52(46)56(53(47)34-42)50-20-10-7-17-44(50)45-18-8-11-21-51(45)56/h1-35H. The van der Waals surface area contributed by atoms with E-state index in [1.165, 1.54) is 88.7 Å². The molecule has 0 radical (unpaired) electrons. The van der Waals surface area contributed by atoms with E-state index in [1.54, 1.807) is 0 Å². The molecule has 0 saturated carbocycles. The molecule has 0 N–H and O–H groups in total. The van der Waals surface area contributed by atoms with E-state index in [1.807, 2.05) is 0 Å². The van der Waals surface area contributed by atoms with Crippen LogP contribution in [-0.4, -0.2) is 4.98 Å². The largest absolute Gasteiger partial charge is 0.248 e. The zero-order valence-electron chi connectivity index (χ0n) is 31.2. The summed E-state index contributed by atoms with van der Waals surface area (Å²) in [6, 6.07) is 78.1. The number of hydrogen-bond acceptors (Lipinski definition) is 1. The van der Waals surface area contributed by atoms with Crippen LogP contribution in [0, 0.1) is 0 Å². The van der Waals surface area contributed by atoms with Crippen molar-refractivity contribution in [2.45, 2.75) is 5.41 Å². The van der Waals surface area contributed by atoms with Crippen LogP contribution in [0.4, 0.5) is 0 Å². The topological polar surface area (TPSA) is 12.9 Å². The Morgan fingerprint density at radius 1 is 0.281 bits per heavy atom. The first-order valence-electron chi connectivity index (χ1n) is 19.8. The van der Waals surface area contributed by atoms with Crippen LogP contribution in [-0.2, 0) is 5.41 Å². The third-order valence-electron chi connectivity index (χ3n) is 12.5. The van der Waals surface area contributed by atoms with Gasteiger partial charge in [-0.3, -0.25) is 0 Å². The second-order valence-electron chi connectivity index (χ2n) is 15.4. The predicted octanol–water partition coefficient (Wildman–Crippen LogP) is 14.4. The van der Waals surface area contributed by atoms with Gasteiger partial charge in [-0.2, -0.15) is 0 Å². The lowest BCUT2D eigenvalue weighted by molar-refractivity contribution is 0.794. The molecule has 57 heavy (non-hydrogen) atoms. The molecule has 10 aromatic rings. The molecule has 0 fully saturated rings. The first kappa shape index (κ1) is 31.9. The molecule has 0 aliphatic heterocycles. The van der Waals surface area contributed by atoms with Gasteiger partial charge in [0.1, 0.15) is 0 Å². The van der Waals surface area contributed by atoms with Crippen LogP contribution < -0.4 is 0 Å². The maximum Gasteiger partial charge on any atom is 0.0725 e. The Kier molecular flexibility index (Phi) is 6.91. The van der Waals surface area contributed by atoms with Crippen LogP contribution in [0.2, 0.25) is 0 Å². The summed E-state index contributed by atoms with van der Waals surface area (Å²) in [6.07, 6.45) is 0. The fraction of sp³-hybridized carbons (Fsp3) is 0.0179. The lowest BCUT2D eigenvalue weighted by atomic mass is 9.70. The number of fused-ring (bicyclic) bond motifs is 12. The first-order chi connectivity index (χ1) is 28.2. The highest BCUT2D eigenvalue weighted by molar-refractivity contribution is 6.01. The molecule has 1 heterocycles. The molecule has 0 atom stereocenters. The average Bonchev–Trinajstić information content (AvgIpc) is 3.76. The van der Waals surface area contributed by atoms with Crippen molar-refractivity contribution in [3.05, 3.63) is 235 Å². The van der Waals surface area contributed by atoms with Gasteiger partial charge in [0.05, 0.1) is 16.6 Å². The Morgan fingerprint density at radius 2 is 0.754 bits per heavy atom. The Hall–Kier alpha value is -7.35. The number of nitrogens with zero attached hydrogens (tertiary/aromatic N) is 1. The van der Waals surface area contributed by atoms with E-state index in [-0.39, 0.29) is 5.41 Å². The third kappa shape index (κ3) is 4.73. The number of benzene rings is 9. The summed E-state index contributed by atoms with van der Waals surface area (Å²) in [6.45, 7) is 0. The van der Waals surface area contributed by atoms with E-state index in [2.05, 4.69) is 212 Å². The normalized spacial score (nSPS) is 13.1. The molecule has 1 aromatic heterocycles. The molecule has 0 unspecified atom stereocenters. The SMILES string of the molecule is c1ccc(-c2cc(-c3ccccc3)c3cc(-c4ccc5ccc(-c6ccc7c(c6)C6(c8ccccc8-c8ccccc86)c6ccccc6-7)cc5c4)ccc3n2)cc1. The smallest absolute Gasteiger partial charge is 0.0725 e. The third-order valence-corrected chi connectivity index (χ3v) is 12.5. The zero-order valence-corrected chi connectivity index (χ0v) is 31.2. The summed E-state index contributed by atoms with van der Waals surface area (Å²) in [5, 5.41) is 3.60. The summed E-state index contributed by atoms with van der Waals surface area (Å²) < 4.78 is 0. The van der Waals surface area contributed by atoms with Crippen LogP contribution >= 0.6 is 0 Å². The van der Waals surface area contributed by atoms with Crippen molar-refractivity contribution in [2.75, 3.05) is 0 Å². The summed E-state index contributed by atoms with van der Waals surface area (Å²) in [4.78, 5) is 5.15. The quantitative estimate of drug-likeness (QED) is 0.176. The minimum atomic E-state index is -0.357. The second kappa shape index (κ2) is 12.3. The van der Waals surface area contributed by atoms with Gasteiger partial charge in [-0.25, -0.2) is 4.98 Å². The summed E-state index contributed by atoms with van der Waals surface area (Å²) in [7, 11) is 0. The monoisotopic (exact) mass is 721 g/mol. The fourth-order valence-electron chi connectivity index (χ4n) is 9.90. The molecule has 0 amide bonds. The van der Waals surface area contributed by atoms with Gasteiger partial charge in [-0.15, -0.1) is 0 Å². The predicted molar refractivity (Wildman–Crippen MR) is 237 cm³/mol. The van der Waals surface area contributed by atoms with Gasteiger partial charge in [0.15, 0.2) is 0 Å². The second-order valence-corrected chi connectivity index (χ2v) is 15.4. The number of rotatable bonds is 4. The van der Waals surface area contributed by atoms with Crippen LogP contribution in [0.25, 0.3) is 88.6 Å². The number of aromatic nitrogens is 1. The Bertz CT molecular complexity index is 3170. The van der Waals surface area contributed by atoms with Gasteiger partial charge < -0.3 is 0 Å². The highest BCUT2D eigenvalue weighted by atomic mass is 14.7. The summed E-state index contributed by atoms with van der Waals surface area (Å²) >= 11 is 0. The van der Waals surface area contributed by atoms with E-state index in [9.17, 15) is 0 Å². The molecule has 1 spiro atoms. The molecular weight excluding hydrogens is 687 g/mol. The molecular formula is C56H35N. The van der Waals surface area contributed by atoms with E-state index < -0.39 is 0 Å². The minimum absolute atomic E-state index is 0.357. The van der Waals surface area contributed by atoms with Crippen LogP contribution in [0.15, 0.2) is 212 Å². The van der Waals surface area contributed by atoms with Crippen molar-refractivity contribution in [3.63, 3.8) is 0 Å². The van der Waals surface area contributed by atoms with E-state index in [0.717, 1.165) is 22.2 Å². The molecule has 9 aromatic carbocycles. The van der Waals surface area contributed by atoms with Crippen LogP contribution in [0.1, 0.15) is 22.3 Å². The molecule has 1 nitrogen and oxygen atoms in total. The number of hydrogen-bond donors (Lipinski definition) is 0. The molecule has 1 heteroatoms. The van der Waals surface area contributed by atoms with Gasteiger partial charge in [0.2, 0.25) is 0 Å². The lowest BCUT2D eigenvalue weighted by Gasteiger charge is -2.30. The van der Waals surface area contributed by atoms with Crippen molar-refractivity contribution in [1.82, 2.24) is 4.98 Å². The molecule has 0 saturated heterocycles. The highest BCUT2D eigenvalue weighted by Crippen LogP contribution is 2.63. The molecule has 264 valence electrons. The first-order valence-corrected chi connectivity index (χ1v) is 19.8. The number of pyridine rings is 1. The van der Waals surface area contributed by atoms with Gasteiger partial charge in [-0.05, 0) is 125 Å². The van der Waals surface area contributed by atoms with Crippen molar-refractivity contribution in [1.29, 1.82) is 0 Å². The Labute approximate surface area is 332 Å². The highest BCUT2D eigenvalue weighted by Gasteiger charge is 2.51.